The van der Waals surface area contributed by atoms with Gasteiger partial charge in [-0.15, -0.1) is 0 Å². The number of piperazine rings is 1. The van der Waals surface area contributed by atoms with Crippen LogP contribution in [0.3, 0.4) is 0 Å². The van der Waals surface area contributed by atoms with Gasteiger partial charge in [-0.2, -0.15) is 0 Å². The van der Waals surface area contributed by atoms with Crippen molar-refractivity contribution in [3.63, 3.8) is 0 Å². The molecule has 0 radical (unpaired) electrons. The molecular formula is C22H30N2. The predicted octanol–water partition coefficient (Wildman–Crippen LogP) is 4.00. The van der Waals surface area contributed by atoms with Gasteiger partial charge in [0.15, 0.2) is 0 Å². The minimum Gasteiger partial charge on any atom is -0.301 e. The van der Waals surface area contributed by atoms with E-state index in [9.17, 15) is 0 Å². The van der Waals surface area contributed by atoms with E-state index in [1.54, 1.807) is 0 Å². The van der Waals surface area contributed by atoms with Gasteiger partial charge in [-0.3, -0.25) is 4.90 Å². The molecule has 0 unspecified atom stereocenters. The van der Waals surface area contributed by atoms with Crippen molar-refractivity contribution in [1.29, 1.82) is 0 Å². The zero-order valence-corrected chi connectivity index (χ0v) is 15.0. The second-order valence-corrected chi connectivity index (χ2v) is 6.88. The van der Waals surface area contributed by atoms with Crippen molar-refractivity contribution in [3.8, 4) is 0 Å². The molecule has 2 nitrogen and oxygen atoms in total. The number of hydrogen-bond acceptors (Lipinski definition) is 2. The van der Waals surface area contributed by atoms with Crippen LogP contribution in [0, 0.1) is 0 Å². The minimum absolute atomic E-state index is 1.10. The highest BCUT2D eigenvalue weighted by molar-refractivity contribution is 5.22. The molecule has 2 aromatic rings. The molecule has 2 aromatic carbocycles. The Morgan fingerprint density at radius 3 is 2.00 bits per heavy atom. The fourth-order valence-electron chi connectivity index (χ4n) is 3.46. The van der Waals surface area contributed by atoms with Crippen molar-refractivity contribution in [2.75, 3.05) is 32.7 Å². The lowest BCUT2D eigenvalue weighted by Crippen LogP contribution is -2.46. The summed E-state index contributed by atoms with van der Waals surface area (Å²) in [4.78, 5) is 5.22. The van der Waals surface area contributed by atoms with E-state index in [1.807, 2.05) is 0 Å². The van der Waals surface area contributed by atoms with Gasteiger partial charge in [0, 0.05) is 32.7 Å². The molecule has 1 saturated heterocycles. The normalized spacial score (nSPS) is 16.4. The molecule has 0 atom stereocenters. The summed E-state index contributed by atoms with van der Waals surface area (Å²) in [6.07, 6.45) is 3.59. The Labute approximate surface area is 147 Å². The predicted molar refractivity (Wildman–Crippen MR) is 102 cm³/mol. The van der Waals surface area contributed by atoms with Crippen molar-refractivity contribution in [1.82, 2.24) is 9.80 Å². The monoisotopic (exact) mass is 322 g/mol. The first-order valence-corrected chi connectivity index (χ1v) is 9.40. The summed E-state index contributed by atoms with van der Waals surface area (Å²) < 4.78 is 0. The van der Waals surface area contributed by atoms with Crippen LogP contribution in [0.15, 0.2) is 54.6 Å². The molecule has 1 aliphatic rings. The van der Waals surface area contributed by atoms with Crippen LogP contribution >= 0.6 is 0 Å². The van der Waals surface area contributed by atoms with Crippen LogP contribution in [0.5, 0.6) is 0 Å². The fraction of sp³-hybridized carbons (Fsp3) is 0.455. The van der Waals surface area contributed by atoms with E-state index < -0.39 is 0 Å². The maximum Gasteiger partial charge on any atom is 0.0234 e. The van der Waals surface area contributed by atoms with Crippen molar-refractivity contribution < 1.29 is 0 Å². The molecule has 1 fully saturated rings. The van der Waals surface area contributed by atoms with Crippen molar-refractivity contribution in [2.24, 2.45) is 0 Å². The van der Waals surface area contributed by atoms with E-state index >= 15 is 0 Å². The smallest absolute Gasteiger partial charge is 0.0234 e. The Morgan fingerprint density at radius 1 is 0.708 bits per heavy atom. The maximum atomic E-state index is 2.62. The van der Waals surface area contributed by atoms with Crippen LogP contribution < -0.4 is 0 Å². The third-order valence-electron chi connectivity index (χ3n) is 5.08. The average molecular weight is 322 g/mol. The summed E-state index contributed by atoms with van der Waals surface area (Å²) in [6, 6.07) is 20.0. The topological polar surface area (TPSA) is 6.48 Å². The lowest BCUT2D eigenvalue weighted by Gasteiger charge is -2.34. The second-order valence-electron chi connectivity index (χ2n) is 6.88. The van der Waals surface area contributed by atoms with Crippen LogP contribution in [0.1, 0.15) is 30.0 Å². The Balaban J connectivity index is 1.36. The molecule has 1 aliphatic heterocycles. The first kappa shape index (κ1) is 17.2. The van der Waals surface area contributed by atoms with Gasteiger partial charge in [-0.1, -0.05) is 61.5 Å². The quantitative estimate of drug-likeness (QED) is 0.760. The molecule has 0 saturated carbocycles. The molecular weight excluding hydrogens is 292 g/mol. The lowest BCUT2D eigenvalue weighted by molar-refractivity contribution is 0.126. The first-order chi connectivity index (χ1) is 11.8. The molecule has 2 heteroatoms. The number of rotatable bonds is 7. The SMILES string of the molecule is CCc1ccc(CN2CCN(CCCc3ccccc3)CC2)cc1. The third kappa shape index (κ3) is 5.19. The van der Waals surface area contributed by atoms with Gasteiger partial charge in [-0.25, -0.2) is 0 Å². The lowest BCUT2D eigenvalue weighted by atomic mass is 10.1. The summed E-state index contributed by atoms with van der Waals surface area (Å²) >= 11 is 0. The van der Waals surface area contributed by atoms with E-state index in [1.165, 1.54) is 62.3 Å². The fourth-order valence-corrected chi connectivity index (χ4v) is 3.46. The molecule has 0 aromatic heterocycles. The third-order valence-corrected chi connectivity index (χ3v) is 5.08. The van der Waals surface area contributed by atoms with Crippen molar-refractivity contribution >= 4 is 0 Å². The average Bonchev–Trinajstić information content (AvgIpc) is 2.65. The summed E-state index contributed by atoms with van der Waals surface area (Å²) in [5.41, 5.74) is 4.35. The minimum atomic E-state index is 1.10. The molecule has 0 N–H and O–H groups in total. The van der Waals surface area contributed by atoms with Crippen LogP contribution in [0.2, 0.25) is 0 Å². The number of hydrogen-bond donors (Lipinski definition) is 0. The zero-order valence-electron chi connectivity index (χ0n) is 15.0. The van der Waals surface area contributed by atoms with Crippen LogP contribution in [-0.4, -0.2) is 42.5 Å². The van der Waals surface area contributed by atoms with E-state index in [0.29, 0.717) is 0 Å². The van der Waals surface area contributed by atoms with Crippen LogP contribution in [0.4, 0.5) is 0 Å². The highest BCUT2D eigenvalue weighted by atomic mass is 15.3. The summed E-state index contributed by atoms with van der Waals surface area (Å²) in [5, 5.41) is 0. The van der Waals surface area contributed by atoms with Gasteiger partial charge in [0.25, 0.3) is 0 Å². The van der Waals surface area contributed by atoms with Gasteiger partial charge >= 0.3 is 0 Å². The summed E-state index contributed by atoms with van der Waals surface area (Å²) in [7, 11) is 0. The molecule has 0 bridgehead atoms. The molecule has 0 spiro atoms. The van der Waals surface area contributed by atoms with Crippen molar-refractivity contribution in [2.45, 2.75) is 32.7 Å². The molecule has 0 aliphatic carbocycles. The summed E-state index contributed by atoms with van der Waals surface area (Å²) in [5.74, 6) is 0. The number of benzene rings is 2. The Hall–Kier alpha value is -1.64. The van der Waals surface area contributed by atoms with E-state index in [-0.39, 0.29) is 0 Å². The highest BCUT2D eigenvalue weighted by Gasteiger charge is 2.16. The molecule has 3 rings (SSSR count). The molecule has 24 heavy (non-hydrogen) atoms. The van der Waals surface area contributed by atoms with E-state index in [4.69, 9.17) is 0 Å². The first-order valence-electron chi connectivity index (χ1n) is 9.40. The molecule has 128 valence electrons. The molecule has 0 amide bonds. The van der Waals surface area contributed by atoms with Crippen LogP contribution in [0.25, 0.3) is 0 Å². The Kier molecular flexibility index (Phi) is 6.45. The number of aryl methyl sites for hydroxylation is 2. The van der Waals surface area contributed by atoms with E-state index in [0.717, 1.165) is 13.0 Å². The Morgan fingerprint density at radius 2 is 1.33 bits per heavy atom. The maximum absolute atomic E-state index is 2.62. The highest BCUT2D eigenvalue weighted by Crippen LogP contribution is 2.11. The van der Waals surface area contributed by atoms with Gasteiger partial charge < -0.3 is 4.90 Å². The zero-order chi connectivity index (χ0) is 16.6. The second kappa shape index (κ2) is 9.00. The largest absolute Gasteiger partial charge is 0.301 e. The molecule has 1 heterocycles. The standard InChI is InChI=1S/C22H30N2/c1-2-20-10-12-22(13-11-20)19-24-17-15-23(16-18-24)14-6-9-21-7-4-3-5-8-21/h3-5,7-8,10-13H,2,6,9,14-19H2,1H3. The van der Waals surface area contributed by atoms with Gasteiger partial charge in [0.2, 0.25) is 0 Å². The van der Waals surface area contributed by atoms with Crippen molar-refractivity contribution in [3.05, 3.63) is 71.3 Å². The summed E-state index contributed by atoms with van der Waals surface area (Å²) in [6.45, 7) is 9.35. The van der Waals surface area contributed by atoms with Gasteiger partial charge in [-0.05, 0) is 42.5 Å². The van der Waals surface area contributed by atoms with Crippen LogP contribution in [-0.2, 0) is 19.4 Å². The number of nitrogens with zero attached hydrogens (tertiary/aromatic N) is 2. The van der Waals surface area contributed by atoms with Gasteiger partial charge in [0.1, 0.15) is 0 Å². The van der Waals surface area contributed by atoms with E-state index in [2.05, 4.69) is 71.3 Å². The van der Waals surface area contributed by atoms with Gasteiger partial charge in [0.05, 0.1) is 0 Å². The Bertz CT molecular complexity index is 583.